The lowest BCUT2D eigenvalue weighted by atomic mass is 9.59. The molecule has 2 amide bonds. The lowest BCUT2D eigenvalue weighted by Crippen LogP contribution is -2.58. The minimum absolute atomic E-state index is 0.0000167. The van der Waals surface area contributed by atoms with E-state index in [0.717, 1.165) is 0 Å². The SMILES string of the molecule is CC(=O)NCc1ccc(O)c2c1CC1CC3CC(=O)C(C(N)=O)=C(O)C3(O)C(=O)C1=C2O. The molecule has 3 aliphatic carbocycles. The average Bonchev–Trinajstić information content (AvgIpc) is 2.69. The van der Waals surface area contributed by atoms with Crippen molar-refractivity contribution in [1.29, 1.82) is 0 Å². The zero-order valence-electron chi connectivity index (χ0n) is 17.1. The summed E-state index contributed by atoms with van der Waals surface area (Å²) < 4.78 is 0. The number of aliphatic hydroxyl groups excluding tert-OH is 2. The number of phenols is 1. The molecule has 0 bridgehead atoms. The Morgan fingerprint density at radius 2 is 1.88 bits per heavy atom. The quantitative estimate of drug-likeness (QED) is 0.354. The molecule has 0 heterocycles. The molecule has 1 aromatic rings. The third-order valence-corrected chi connectivity index (χ3v) is 6.57. The molecule has 1 aromatic carbocycles. The molecule has 32 heavy (non-hydrogen) atoms. The fraction of sp³-hybridized carbons (Fsp3) is 0.364. The molecule has 168 valence electrons. The van der Waals surface area contributed by atoms with Crippen LogP contribution in [-0.2, 0) is 32.1 Å². The Bertz CT molecular complexity index is 1160. The standard InChI is InChI=1S/C22H22N2O8/c1-8(25)24-7-9-2-3-13(26)16-12(9)5-10-4-11-6-14(27)17(21(23)31)20(30)22(11,32)19(29)15(10)18(16)28/h2-3,10-11,26,28,30,32H,4-7H2,1H3,(H2,23,31)(H,24,25). The van der Waals surface area contributed by atoms with Crippen LogP contribution in [0.4, 0.5) is 0 Å². The molecule has 7 N–H and O–H groups in total. The van der Waals surface area contributed by atoms with Gasteiger partial charge in [0.15, 0.2) is 11.4 Å². The number of aromatic hydroxyl groups is 1. The second-order valence-corrected chi connectivity index (χ2v) is 8.41. The fourth-order valence-electron chi connectivity index (χ4n) is 5.07. The van der Waals surface area contributed by atoms with E-state index in [1.807, 2.05) is 0 Å². The number of carbonyl (C=O) groups excluding carboxylic acids is 4. The van der Waals surface area contributed by atoms with Gasteiger partial charge in [0.05, 0.1) is 5.56 Å². The molecular formula is C22H22N2O8. The number of aliphatic hydroxyl groups is 3. The summed E-state index contributed by atoms with van der Waals surface area (Å²) in [7, 11) is 0. The first-order valence-corrected chi connectivity index (χ1v) is 10.0. The van der Waals surface area contributed by atoms with Gasteiger partial charge in [-0.25, -0.2) is 0 Å². The molecular weight excluding hydrogens is 420 g/mol. The average molecular weight is 442 g/mol. The van der Waals surface area contributed by atoms with E-state index in [1.54, 1.807) is 6.07 Å². The molecule has 10 nitrogen and oxygen atoms in total. The highest BCUT2D eigenvalue weighted by molar-refractivity contribution is 6.22. The van der Waals surface area contributed by atoms with Crippen molar-refractivity contribution in [3.8, 4) is 5.75 Å². The number of Topliss-reactive ketones (excluding diaryl/α,β-unsaturated/α-hetero) is 2. The summed E-state index contributed by atoms with van der Waals surface area (Å²) in [4.78, 5) is 48.7. The van der Waals surface area contributed by atoms with Gasteiger partial charge in [-0.1, -0.05) is 6.07 Å². The van der Waals surface area contributed by atoms with E-state index >= 15 is 0 Å². The van der Waals surface area contributed by atoms with E-state index < -0.39 is 52.0 Å². The van der Waals surface area contributed by atoms with Gasteiger partial charge in [0.1, 0.15) is 22.8 Å². The van der Waals surface area contributed by atoms with E-state index in [2.05, 4.69) is 5.32 Å². The summed E-state index contributed by atoms with van der Waals surface area (Å²) in [5.41, 5.74) is 2.71. The zero-order chi connectivity index (χ0) is 23.5. The zero-order valence-corrected chi connectivity index (χ0v) is 17.1. The highest BCUT2D eigenvalue weighted by Gasteiger charge is 2.60. The summed E-state index contributed by atoms with van der Waals surface area (Å²) in [6, 6.07) is 2.92. The van der Waals surface area contributed by atoms with Crippen LogP contribution in [0.15, 0.2) is 29.0 Å². The largest absolute Gasteiger partial charge is 0.508 e. The van der Waals surface area contributed by atoms with Crippen molar-refractivity contribution >= 4 is 29.1 Å². The number of hydrogen-bond acceptors (Lipinski definition) is 8. The molecule has 1 saturated carbocycles. The first-order chi connectivity index (χ1) is 15.0. The van der Waals surface area contributed by atoms with Crippen LogP contribution in [0.2, 0.25) is 0 Å². The molecule has 0 radical (unpaired) electrons. The smallest absolute Gasteiger partial charge is 0.255 e. The van der Waals surface area contributed by atoms with Gasteiger partial charge in [-0.05, 0) is 36.0 Å². The Morgan fingerprint density at radius 3 is 2.50 bits per heavy atom. The number of phenolic OH excluding ortho intramolecular Hbond substituents is 1. The van der Waals surface area contributed by atoms with Gasteiger partial charge in [-0.3, -0.25) is 19.2 Å². The Labute approximate surface area is 182 Å². The van der Waals surface area contributed by atoms with E-state index in [4.69, 9.17) is 5.73 Å². The molecule has 3 unspecified atom stereocenters. The van der Waals surface area contributed by atoms with E-state index in [1.165, 1.54) is 13.0 Å². The van der Waals surface area contributed by atoms with Gasteiger partial charge in [-0.15, -0.1) is 0 Å². The minimum atomic E-state index is -2.58. The molecule has 4 rings (SSSR count). The number of carbonyl (C=O) groups is 4. The maximum Gasteiger partial charge on any atom is 0.255 e. The normalized spacial score (nSPS) is 26.9. The second kappa shape index (κ2) is 7.20. The predicted octanol–water partition coefficient (Wildman–Crippen LogP) is 0.0600. The van der Waals surface area contributed by atoms with E-state index in [9.17, 15) is 39.6 Å². The number of rotatable bonds is 3. The van der Waals surface area contributed by atoms with Crippen LogP contribution >= 0.6 is 0 Å². The van der Waals surface area contributed by atoms with Crippen molar-refractivity contribution in [2.24, 2.45) is 17.6 Å². The summed E-state index contributed by atoms with van der Waals surface area (Å²) in [6.07, 6.45) is -0.128. The van der Waals surface area contributed by atoms with Crippen molar-refractivity contribution in [3.63, 3.8) is 0 Å². The molecule has 1 fully saturated rings. The molecule has 10 heteroatoms. The number of nitrogens with two attached hydrogens (primary N) is 1. The Morgan fingerprint density at radius 1 is 1.19 bits per heavy atom. The molecule has 3 atom stereocenters. The highest BCUT2D eigenvalue weighted by Crippen LogP contribution is 2.52. The number of hydrogen-bond donors (Lipinski definition) is 6. The number of ketones is 2. The van der Waals surface area contributed by atoms with Gasteiger partial charge in [0, 0.05) is 31.4 Å². The van der Waals surface area contributed by atoms with Crippen LogP contribution in [0.3, 0.4) is 0 Å². The number of fused-ring (bicyclic) bond motifs is 3. The topological polar surface area (TPSA) is 187 Å². The summed E-state index contributed by atoms with van der Waals surface area (Å²) in [5.74, 6) is -6.94. The van der Waals surface area contributed by atoms with Crippen molar-refractivity contribution in [3.05, 3.63) is 45.7 Å². The Kier molecular flexibility index (Phi) is 4.85. The van der Waals surface area contributed by atoms with Crippen molar-refractivity contribution in [1.82, 2.24) is 5.32 Å². The van der Waals surface area contributed by atoms with Gasteiger partial charge in [0.25, 0.3) is 5.91 Å². The first kappa shape index (κ1) is 21.6. The van der Waals surface area contributed by atoms with Gasteiger partial charge >= 0.3 is 0 Å². The predicted molar refractivity (Wildman–Crippen MR) is 109 cm³/mol. The molecule has 0 aromatic heterocycles. The van der Waals surface area contributed by atoms with E-state index in [-0.39, 0.29) is 48.6 Å². The van der Waals surface area contributed by atoms with Crippen LogP contribution < -0.4 is 11.1 Å². The van der Waals surface area contributed by atoms with Crippen LogP contribution in [0.1, 0.15) is 36.5 Å². The molecule has 0 aliphatic heterocycles. The number of nitrogens with one attached hydrogen (secondary N) is 1. The second-order valence-electron chi connectivity index (χ2n) is 8.41. The van der Waals surface area contributed by atoms with Crippen molar-refractivity contribution < 1.29 is 39.6 Å². The summed E-state index contributed by atoms with van der Waals surface area (Å²) >= 11 is 0. The third-order valence-electron chi connectivity index (χ3n) is 6.57. The highest BCUT2D eigenvalue weighted by atomic mass is 16.3. The van der Waals surface area contributed by atoms with Crippen molar-refractivity contribution in [2.75, 3.05) is 0 Å². The van der Waals surface area contributed by atoms with Gasteiger partial charge in [-0.2, -0.15) is 0 Å². The number of amides is 2. The Balaban J connectivity index is 1.88. The summed E-state index contributed by atoms with van der Waals surface area (Å²) in [5, 5.41) is 45.7. The van der Waals surface area contributed by atoms with E-state index in [0.29, 0.717) is 11.1 Å². The van der Waals surface area contributed by atoms with Crippen LogP contribution in [0.25, 0.3) is 5.76 Å². The summed E-state index contributed by atoms with van der Waals surface area (Å²) in [6.45, 7) is 1.49. The lowest BCUT2D eigenvalue weighted by molar-refractivity contribution is -0.147. The Hall–Kier alpha value is -3.66. The molecule has 0 spiro atoms. The third kappa shape index (κ3) is 2.90. The van der Waals surface area contributed by atoms with Crippen LogP contribution in [0, 0.1) is 11.8 Å². The van der Waals surface area contributed by atoms with Gasteiger partial charge < -0.3 is 31.5 Å². The number of benzene rings is 1. The monoisotopic (exact) mass is 442 g/mol. The first-order valence-electron chi connectivity index (χ1n) is 10.0. The lowest BCUT2D eigenvalue weighted by Gasteiger charge is -2.46. The fourth-order valence-corrected chi connectivity index (χ4v) is 5.07. The maximum atomic E-state index is 13.4. The van der Waals surface area contributed by atoms with Crippen molar-refractivity contribution in [2.45, 2.75) is 38.3 Å². The number of primary amides is 1. The molecule has 0 saturated heterocycles. The van der Waals surface area contributed by atoms with Crippen LogP contribution in [0.5, 0.6) is 5.75 Å². The van der Waals surface area contributed by atoms with Crippen LogP contribution in [-0.4, -0.2) is 49.4 Å². The molecule has 3 aliphatic rings. The maximum absolute atomic E-state index is 13.4. The minimum Gasteiger partial charge on any atom is -0.508 e. The van der Waals surface area contributed by atoms with Gasteiger partial charge in [0.2, 0.25) is 11.7 Å².